The zero-order valence-corrected chi connectivity index (χ0v) is 19.3. The van der Waals surface area contributed by atoms with Crippen molar-refractivity contribution in [1.82, 2.24) is 9.80 Å². The van der Waals surface area contributed by atoms with Gasteiger partial charge < -0.3 is 9.47 Å². The van der Waals surface area contributed by atoms with E-state index in [1.807, 2.05) is 60.7 Å². The second-order valence-electron chi connectivity index (χ2n) is 8.45. The van der Waals surface area contributed by atoms with Crippen molar-refractivity contribution in [3.63, 3.8) is 0 Å². The molecule has 1 atom stereocenters. The van der Waals surface area contributed by atoms with Crippen molar-refractivity contribution in [3.8, 4) is 11.5 Å². The first-order valence-corrected chi connectivity index (χ1v) is 11.3. The molecule has 7 heteroatoms. The highest BCUT2D eigenvalue weighted by Crippen LogP contribution is 2.41. The predicted octanol–water partition coefficient (Wildman–Crippen LogP) is 4.08. The number of carbonyl (C=O) groups is 2. The van der Waals surface area contributed by atoms with Gasteiger partial charge in [-0.1, -0.05) is 48.5 Å². The summed E-state index contributed by atoms with van der Waals surface area (Å²) in [5.74, 6) is 1.16. The summed E-state index contributed by atoms with van der Waals surface area (Å²) in [6.07, 6.45) is 0.775. The van der Waals surface area contributed by atoms with E-state index in [1.54, 1.807) is 14.2 Å². The van der Waals surface area contributed by atoms with Crippen LogP contribution in [0.15, 0.2) is 72.8 Å². The molecule has 0 spiro atoms. The van der Waals surface area contributed by atoms with Gasteiger partial charge in [-0.2, -0.15) is 0 Å². The van der Waals surface area contributed by atoms with Crippen molar-refractivity contribution < 1.29 is 19.1 Å². The van der Waals surface area contributed by atoms with Gasteiger partial charge in [-0.25, -0.2) is 9.69 Å². The number of fused-ring (bicyclic) bond motifs is 1. The Bertz CT molecular complexity index is 1200. The molecule has 0 radical (unpaired) electrons. The highest BCUT2D eigenvalue weighted by Gasteiger charge is 2.40. The quantitative estimate of drug-likeness (QED) is 0.522. The number of amides is 3. The summed E-state index contributed by atoms with van der Waals surface area (Å²) in [4.78, 5) is 31.2. The minimum Gasteiger partial charge on any atom is -0.493 e. The highest BCUT2D eigenvalue weighted by molar-refractivity contribution is 6.12. The molecule has 0 aliphatic carbocycles. The van der Waals surface area contributed by atoms with Crippen molar-refractivity contribution >= 4 is 17.6 Å². The molecule has 174 valence electrons. The van der Waals surface area contributed by atoms with Gasteiger partial charge in [0.15, 0.2) is 11.5 Å². The maximum atomic E-state index is 13.2. The molecule has 3 amide bonds. The van der Waals surface area contributed by atoms with Crippen LogP contribution < -0.4 is 14.4 Å². The first-order valence-electron chi connectivity index (χ1n) is 11.3. The molecule has 34 heavy (non-hydrogen) atoms. The number of nitrogens with zero attached hydrogens (tertiary/aromatic N) is 3. The SMILES string of the molecule is COc1cc2c(cc1OC)C(c1ccccc1)N(CN1C(=O)CN(c3ccccc3)C1=O)CC2. The average molecular weight is 458 g/mol. The lowest BCUT2D eigenvalue weighted by Gasteiger charge is -2.39. The van der Waals surface area contributed by atoms with Gasteiger partial charge >= 0.3 is 6.03 Å². The Morgan fingerprint density at radius 1 is 0.882 bits per heavy atom. The largest absolute Gasteiger partial charge is 0.493 e. The molecule has 1 saturated heterocycles. The van der Waals surface area contributed by atoms with E-state index in [2.05, 4.69) is 17.0 Å². The van der Waals surface area contributed by atoms with Crippen molar-refractivity contribution in [1.29, 1.82) is 0 Å². The lowest BCUT2D eigenvalue weighted by Crippen LogP contribution is -2.46. The molecule has 0 saturated carbocycles. The van der Waals surface area contributed by atoms with Crippen LogP contribution in [0.4, 0.5) is 10.5 Å². The monoisotopic (exact) mass is 457 g/mol. The fourth-order valence-electron chi connectivity index (χ4n) is 4.85. The standard InChI is InChI=1S/C27H27N3O4/c1-33-23-15-20-13-14-28(26(19-9-5-3-6-10-19)22(20)16-24(23)34-2)18-30-25(31)17-29(27(30)32)21-11-7-4-8-12-21/h3-12,15-16,26H,13-14,17-18H2,1-2H3. The van der Waals surface area contributed by atoms with Gasteiger partial charge in [0.2, 0.25) is 0 Å². The number of carbonyl (C=O) groups excluding carboxylic acids is 2. The Labute approximate surface area is 199 Å². The van der Waals surface area contributed by atoms with Gasteiger partial charge in [0.05, 0.1) is 26.9 Å². The fraction of sp³-hybridized carbons (Fsp3) is 0.259. The van der Waals surface area contributed by atoms with Gasteiger partial charge in [-0.15, -0.1) is 0 Å². The molecule has 2 aliphatic heterocycles. The first-order chi connectivity index (χ1) is 16.6. The fourth-order valence-corrected chi connectivity index (χ4v) is 4.85. The molecular weight excluding hydrogens is 430 g/mol. The number of anilines is 1. The maximum absolute atomic E-state index is 13.2. The molecule has 0 bridgehead atoms. The molecule has 0 N–H and O–H groups in total. The van der Waals surface area contributed by atoms with Gasteiger partial charge in [0.25, 0.3) is 5.91 Å². The van der Waals surface area contributed by atoms with Gasteiger partial charge in [-0.3, -0.25) is 14.6 Å². The summed E-state index contributed by atoms with van der Waals surface area (Å²) in [6.45, 7) is 0.965. The number of rotatable bonds is 6. The lowest BCUT2D eigenvalue weighted by molar-refractivity contribution is -0.126. The van der Waals surface area contributed by atoms with E-state index in [9.17, 15) is 9.59 Å². The highest BCUT2D eigenvalue weighted by atomic mass is 16.5. The van der Waals surface area contributed by atoms with Crippen molar-refractivity contribution in [2.75, 3.05) is 38.9 Å². The third-order valence-corrected chi connectivity index (χ3v) is 6.54. The Hall–Kier alpha value is -3.84. The van der Waals surface area contributed by atoms with Gasteiger partial charge in [0, 0.05) is 12.2 Å². The number of urea groups is 1. The van der Waals surface area contributed by atoms with Crippen LogP contribution in [-0.2, 0) is 11.2 Å². The zero-order valence-electron chi connectivity index (χ0n) is 19.3. The molecule has 0 aromatic heterocycles. The van der Waals surface area contributed by atoms with Crippen molar-refractivity contribution in [2.45, 2.75) is 12.5 Å². The van der Waals surface area contributed by atoms with Crippen LogP contribution in [0.5, 0.6) is 11.5 Å². The molecule has 3 aromatic carbocycles. The molecule has 2 aliphatic rings. The number of ether oxygens (including phenoxy) is 2. The van der Waals surface area contributed by atoms with Crippen molar-refractivity contribution in [2.24, 2.45) is 0 Å². The molecule has 3 aromatic rings. The minimum atomic E-state index is -0.291. The summed E-state index contributed by atoms with van der Waals surface area (Å²) in [6, 6.07) is 23.1. The third-order valence-electron chi connectivity index (χ3n) is 6.54. The van der Waals surface area contributed by atoms with Crippen molar-refractivity contribution in [3.05, 3.63) is 89.5 Å². The van der Waals surface area contributed by atoms with E-state index in [0.717, 1.165) is 23.2 Å². The molecule has 5 rings (SSSR count). The number of hydrogen-bond acceptors (Lipinski definition) is 5. The second-order valence-corrected chi connectivity index (χ2v) is 8.45. The van der Waals surface area contributed by atoms with Crippen LogP contribution in [0.25, 0.3) is 0 Å². The van der Waals surface area contributed by atoms with E-state index in [-0.39, 0.29) is 31.2 Å². The van der Waals surface area contributed by atoms with Gasteiger partial charge in [-0.05, 0) is 47.4 Å². The molecular formula is C27H27N3O4. The molecule has 2 heterocycles. The normalized spacial score (nSPS) is 18.2. The summed E-state index contributed by atoms with van der Waals surface area (Å²) in [5.41, 5.74) is 4.08. The summed E-state index contributed by atoms with van der Waals surface area (Å²) < 4.78 is 11.1. The second kappa shape index (κ2) is 9.19. The van der Waals surface area contributed by atoms with Crippen LogP contribution in [0.2, 0.25) is 0 Å². The topological polar surface area (TPSA) is 62.3 Å². The van der Waals surface area contributed by atoms with E-state index in [1.165, 1.54) is 15.4 Å². The molecule has 1 fully saturated rings. The predicted molar refractivity (Wildman–Crippen MR) is 129 cm³/mol. The number of hydrogen-bond donors (Lipinski definition) is 0. The third kappa shape index (κ3) is 3.88. The average Bonchev–Trinajstić information content (AvgIpc) is 3.17. The number of benzene rings is 3. The molecule has 1 unspecified atom stereocenters. The van der Waals surface area contributed by atoms with Crippen LogP contribution in [0.1, 0.15) is 22.7 Å². The maximum Gasteiger partial charge on any atom is 0.332 e. The Kier molecular flexibility index (Phi) is 5.94. The van der Waals surface area contributed by atoms with E-state index >= 15 is 0 Å². The smallest absolute Gasteiger partial charge is 0.332 e. The number of para-hydroxylation sites is 1. The summed E-state index contributed by atoms with van der Waals surface area (Å²) >= 11 is 0. The Morgan fingerprint density at radius 3 is 2.21 bits per heavy atom. The van der Waals surface area contributed by atoms with E-state index in [4.69, 9.17) is 9.47 Å². The first kappa shape index (κ1) is 22.0. The summed E-state index contributed by atoms with van der Waals surface area (Å²) in [5, 5.41) is 0. The number of methoxy groups -OCH3 is 2. The van der Waals surface area contributed by atoms with Crippen LogP contribution >= 0.6 is 0 Å². The molecule has 7 nitrogen and oxygen atoms in total. The Balaban J connectivity index is 1.49. The van der Waals surface area contributed by atoms with Crippen LogP contribution in [0, 0.1) is 0 Å². The lowest BCUT2D eigenvalue weighted by atomic mass is 9.88. The zero-order chi connectivity index (χ0) is 23.7. The minimum absolute atomic E-state index is 0.0499. The van der Waals surface area contributed by atoms with E-state index < -0.39 is 0 Å². The summed E-state index contributed by atoms with van der Waals surface area (Å²) in [7, 11) is 3.26. The Morgan fingerprint density at radius 2 is 1.53 bits per heavy atom. The number of imide groups is 1. The van der Waals surface area contributed by atoms with Gasteiger partial charge in [0.1, 0.15) is 6.54 Å². The van der Waals surface area contributed by atoms with Crippen LogP contribution in [0.3, 0.4) is 0 Å². The van der Waals surface area contributed by atoms with E-state index in [0.29, 0.717) is 18.0 Å². The van der Waals surface area contributed by atoms with Crippen LogP contribution in [-0.4, -0.2) is 55.7 Å².